The zero-order valence-electron chi connectivity index (χ0n) is 9.68. The maximum Gasteiger partial charge on any atom is 0.326 e. The second-order valence-corrected chi connectivity index (χ2v) is 3.73. The fourth-order valence-electron chi connectivity index (χ4n) is 1.22. The Bertz CT molecular complexity index is 292. The highest BCUT2D eigenvalue weighted by Crippen LogP contribution is 2.00. The van der Waals surface area contributed by atoms with Gasteiger partial charge in [0.1, 0.15) is 12.1 Å². The van der Waals surface area contributed by atoms with E-state index in [0.717, 1.165) is 0 Å². The van der Waals surface area contributed by atoms with E-state index in [2.05, 4.69) is 5.32 Å². The van der Waals surface area contributed by atoms with Crippen LogP contribution < -0.4 is 11.1 Å². The van der Waals surface area contributed by atoms with Crippen molar-refractivity contribution in [3.8, 4) is 0 Å². The summed E-state index contributed by atoms with van der Waals surface area (Å²) >= 11 is 0. The van der Waals surface area contributed by atoms with Crippen molar-refractivity contribution in [2.45, 2.75) is 44.7 Å². The zero-order valence-corrected chi connectivity index (χ0v) is 9.68. The largest absolute Gasteiger partial charge is 0.480 e. The monoisotopic (exact) mass is 246 g/mol. The molecule has 0 saturated heterocycles. The Morgan fingerprint density at radius 1 is 1.18 bits per heavy atom. The van der Waals surface area contributed by atoms with Gasteiger partial charge in [-0.15, -0.1) is 0 Å². The Morgan fingerprint density at radius 3 is 2.18 bits per heavy atom. The highest BCUT2D eigenvalue weighted by molar-refractivity contribution is 5.84. The number of nitrogens with two attached hydrogens (primary N) is 1. The van der Waals surface area contributed by atoms with Crippen LogP contribution in [0.3, 0.4) is 0 Å². The fourth-order valence-corrected chi connectivity index (χ4v) is 1.22. The van der Waals surface area contributed by atoms with E-state index in [4.69, 9.17) is 15.9 Å². The van der Waals surface area contributed by atoms with Gasteiger partial charge in [0.05, 0.1) is 0 Å². The first-order valence-electron chi connectivity index (χ1n) is 5.39. The molecule has 0 aromatic carbocycles. The average Bonchev–Trinajstić information content (AvgIpc) is 2.24. The van der Waals surface area contributed by atoms with E-state index in [-0.39, 0.29) is 12.8 Å². The smallest absolute Gasteiger partial charge is 0.326 e. The molecular weight excluding hydrogens is 228 g/mol. The lowest BCUT2D eigenvalue weighted by molar-refractivity contribution is -0.142. The van der Waals surface area contributed by atoms with Crippen molar-refractivity contribution >= 4 is 17.8 Å². The topological polar surface area (TPSA) is 130 Å². The summed E-state index contributed by atoms with van der Waals surface area (Å²) in [5.74, 6) is -2.77. The van der Waals surface area contributed by atoms with Crippen LogP contribution in [0.2, 0.25) is 0 Å². The molecule has 5 N–H and O–H groups in total. The molecule has 1 amide bonds. The lowest BCUT2D eigenvalue weighted by Gasteiger charge is -2.13. The molecule has 0 radical (unpaired) electrons. The van der Waals surface area contributed by atoms with Crippen molar-refractivity contribution in [2.24, 2.45) is 5.73 Å². The highest BCUT2D eigenvalue weighted by atomic mass is 16.4. The lowest BCUT2D eigenvalue weighted by Crippen LogP contribution is -2.41. The van der Waals surface area contributed by atoms with Crippen LogP contribution in [0.15, 0.2) is 0 Å². The van der Waals surface area contributed by atoms with Gasteiger partial charge in [0.2, 0.25) is 5.91 Å². The first kappa shape index (κ1) is 15.4. The van der Waals surface area contributed by atoms with Crippen molar-refractivity contribution < 1.29 is 24.6 Å². The van der Waals surface area contributed by atoms with Crippen LogP contribution in [0.1, 0.15) is 32.6 Å². The average molecular weight is 246 g/mol. The second-order valence-electron chi connectivity index (χ2n) is 3.73. The summed E-state index contributed by atoms with van der Waals surface area (Å²) in [6, 6.07) is -2.02. The summed E-state index contributed by atoms with van der Waals surface area (Å²) < 4.78 is 0. The number of nitrogens with one attached hydrogen (secondary N) is 1. The quantitative estimate of drug-likeness (QED) is 0.459. The summed E-state index contributed by atoms with van der Waals surface area (Å²) in [7, 11) is 0. The third-order valence-corrected chi connectivity index (χ3v) is 2.21. The van der Waals surface area contributed by atoms with Gasteiger partial charge in [0.15, 0.2) is 0 Å². The van der Waals surface area contributed by atoms with Gasteiger partial charge < -0.3 is 21.3 Å². The van der Waals surface area contributed by atoms with Gasteiger partial charge in [-0.25, -0.2) is 4.79 Å². The Labute approximate surface area is 99.0 Å². The molecule has 0 aliphatic rings. The summed E-state index contributed by atoms with van der Waals surface area (Å²) in [6.07, 6.45) is 0.860. The van der Waals surface area contributed by atoms with E-state index in [1.54, 1.807) is 0 Å². The number of rotatable bonds is 8. The minimum absolute atomic E-state index is 0.0143. The molecule has 1 unspecified atom stereocenters. The number of carboxylic acid groups (broad SMARTS) is 2. The number of carbonyl (C=O) groups is 3. The van der Waals surface area contributed by atoms with Crippen LogP contribution in [0, 0.1) is 0 Å². The lowest BCUT2D eigenvalue weighted by atomic mass is 10.1. The van der Waals surface area contributed by atoms with Crippen LogP contribution in [-0.2, 0) is 14.4 Å². The van der Waals surface area contributed by atoms with Crippen LogP contribution in [0.5, 0.6) is 0 Å². The molecule has 0 aromatic heterocycles. The molecule has 17 heavy (non-hydrogen) atoms. The van der Waals surface area contributed by atoms with Crippen LogP contribution in [-0.4, -0.2) is 40.1 Å². The molecule has 2 atom stereocenters. The zero-order chi connectivity index (χ0) is 13.4. The van der Waals surface area contributed by atoms with E-state index in [9.17, 15) is 14.4 Å². The van der Waals surface area contributed by atoms with Crippen LogP contribution in [0.25, 0.3) is 0 Å². The first-order chi connectivity index (χ1) is 7.88. The van der Waals surface area contributed by atoms with Gasteiger partial charge in [-0.2, -0.15) is 0 Å². The van der Waals surface area contributed by atoms with E-state index < -0.39 is 29.9 Å². The predicted molar refractivity (Wildman–Crippen MR) is 59.3 cm³/mol. The normalized spacial score (nSPS) is 13.8. The van der Waals surface area contributed by atoms with Gasteiger partial charge in [-0.05, 0) is 12.8 Å². The molecule has 7 heteroatoms. The molecule has 0 aromatic rings. The Kier molecular flexibility index (Phi) is 6.88. The number of amides is 1. The maximum absolute atomic E-state index is 11.3. The van der Waals surface area contributed by atoms with Gasteiger partial charge >= 0.3 is 11.9 Å². The molecule has 0 saturated carbocycles. The number of carbonyl (C=O) groups excluding carboxylic acids is 1. The van der Waals surface area contributed by atoms with E-state index in [0.29, 0.717) is 12.8 Å². The molecule has 0 aliphatic carbocycles. The van der Waals surface area contributed by atoms with Crippen molar-refractivity contribution in [1.29, 1.82) is 0 Å². The highest BCUT2D eigenvalue weighted by Gasteiger charge is 2.20. The molecule has 98 valence electrons. The summed E-state index contributed by atoms with van der Waals surface area (Å²) in [6.45, 7) is 1.81. The number of hydrogen-bond acceptors (Lipinski definition) is 4. The predicted octanol–water partition coefficient (Wildman–Crippen LogP) is -0.452. The molecule has 0 bridgehead atoms. The molecule has 0 heterocycles. The Balaban J connectivity index is 4.06. The standard InChI is InChI=1S/C10H18N2O5/c1-2-3-7(10(16)17)12-8(13)5-4-6(11)9(14)15/h6-7H,2-5,11H2,1H3,(H,12,13)(H,14,15)(H,16,17)/t6?,7-/m0/s1. The summed E-state index contributed by atoms with van der Waals surface area (Å²) in [5, 5.41) is 19.6. The summed E-state index contributed by atoms with van der Waals surface area (Å²) in [5.41, 5.74) is 5.22. The molecular formula is C10H18N2O5. The van der Waals surface area contributed by atoms with E-state index >= 15 is 0 Å². The Morgan fingerprint density at radius 2 is 1.76 bits per heavy atom. The fraction of sp³-hybridized carbons (Fsp3) is 0.700. The molecule has 7 nitrogen and oxygen atoms in total. The number of hydrogen-bond donors (Lipinski definition) is 4. The van der Waals surface area contributed by atoms with Gasteiger partial charge in [-0.3, -0.25) is 9.59 Å². The van der Waals surface area contributed by atoms with Crippen LogP contribution in [0.4, 0.5) is 0 Å². The summed E-state index contributed by atoms with van der Waals surface area (Å²) in [4.78, 5) is 32.5. The molecule has 0 rings (SSSR count). The van der Waals surface area contributed by atoms with Crippen molar-refractivity contribution in [2.75, 3.05) is 0 Å². The maximum atomic E-state index is 11.3. The number of carboxylic acids is 2. The van der Waals surface area contributed by atoms with Crippen LogP contribution >= 0.6 is 0 Å². The third kappa shape index (κ3) is 6.52. The van der Waals surface area contributed by atoms with Gasteiger partial charge in [0, 0.05) is 6.42 Å². The van der Waals surface area contributed by atoms with Gasteiger partial charge in [-0.1, -0.05) is 13.3 Å². The Hall–Kier alpha value is -1.63. The molecule has 0 fully saturated rings. The number of aliphatic carboxylic acids is 2. The first-order valence-corrected chi connectivity index (χ1v) is 5.39. The molecule has 0 aliphatic heterocycles. The van der Waals surface area contributed by atoms with E-state index in [1.807, 2.05) is 6.92 Å². The van der Waals surface area contributed by atoms with Crippen molar-refractivity contribution in [3.05, 3.63) is 0 Å². The van der Waals surface area contributed by atoms with Crippen molar-refractivity contribution in [3.63, 3.8) is 0 Å². The minimum Gasteiger partial charge on any atom is -0.480 e. The van der Waals surface area contributed by atoms with Crippen molar-refractivity contribution in [1.82, 2.24) is 5.32 Å². The molecule has 0 spiro atoms. The third-order valence-electron chi connectivity index (χ3n) is 2.21. The SMILES string of the molecule is CCC[C@H](NC(=O)CCC(N)C(=O)O)C(=O)O. The minimum atomic E-state index is -1.18. The van der Waals surface area contributed by atoms with E-state index in [1.165, 1.54) is 0 Å². The van der Waals surface area contributed by atoms with Gasteiger partial charge in [0.25, 0.3) is 0 Å². The second kappa shape index (κ2) is 7.61.